The number of likely N-dealkylation sites (N-methyl/N-ethyl adjacent to an activating group) is 1. The van der Waals surface area contributed by atoms with Gasteiger partial charge in [-0.3, -0.25) is 14.6 Å². The van der Waals surface area contributed by atoms with Gasteiger partial charge in [0.15, 0.2) is 17.3 Å². The molecule has 15 nitrogen and oxygen atoms in total. The van der Waals surface area contributed by atoms with Crippen molar-refractivity contribution in [1.82, 2.24) is 31.9 Å². The summed E-state index contributed by atoms with van der Waals surface area (Å²) in [5.74, 6) is 0.0991. The molecule has 9 rings (SSSR count). The number of fused-ring (bicyclic) bond motifs is 1. The smallest absolute Gasteiger partial charge is 0.350 e. The van der Waals surface area contributed by atoms with Crippen LogP contribution in [0, 0.1) is 23.2 Å². The normalized spacial score (nSPS) is 33.9. The van der Waals surface area contributed by atoms with Crippen LogP contribution >= 0.6 is 0 Å². The van der Waals surface area contributed by atoms with Gasteiger partial charge in [-0.1, -0.05) is 86.9 Å². The molecule has 1 unspecified atom stereocenters. The number of hydrogen-bond donors (Lipinski definition) is 9. The zero-order valence-corrected chi connectivity index (χ0v) is 43.1. The molecule has 3 aliphatic carbocycles. The van der Waals surface area contributed by atoms with E-state index in [1.54, 1.807) is 13.1 Å². The first kappa shape index (κ1) is 51.6. The van der Waals surface area contributed by atoms with Crippen LogP contribution in [-0.2, 0) is 20.7 Å². The number of aliphatic hydroxyl groups excluding tert-OH is 1. The third-order valence-corrected chi connectivity index (χ3v) is 17.0. The van der Waals surface area contributed by atoms with Crippen LogP contribution in [0.3, 0.4) is 0 Å². The van der Waals surface area contributed by atoms with Crippen molar-refractivity contribution in [3.8, 4) is 0 Å². The number of aliphatic hydroxyl groups is 1. The molecular weight excluding hydrogens is 907 g/mol. The number of carbonyl (C=O) groups is 3. The van der Waals surface area contributed by atoms with Gasteiger partial charge in [-0.25, -0.2) is 4.79 Å². The van der Waals surface area contributed by atoms with Crippen LogP contribution in [0.25, 0.3) is 0 Å². The number of nitrogens with zero attached hydrogens (tertiary/aromatic N) is 1. The van der Waals surface area contributed by atoms with E-state index in [1.165, 1.54) is 11.1 Å². The number of ether oxygens (including phenoxy) is 2. The molecule has 8 aliphatic rings. The third kappa shape index (κ3) is 10.0. The lowest BCUT2D eigenvalue weighted by Crippen LogP contribution is -2.53. The number of Topliss-reactive ketones (excluding diaryl/α,β-unsaturated/α-hetero) is 2. The van der Waals surface area contributed by atoms with E-state index in [9.17, 15) is 5.11 Å². The number of epoxide rings is 1. The van der Waals surface area contributed by atoms with E-state index in [4.69, 9.17) is 20.9 Å². The van der Waals surface area contributed by atoms with Gasteiger partial charge in [-0.2, -0.15) is 0 Å². The summed E-state index contributed by atoms with van der Waals surface area (Å²) in [7, 11) is 3.60. The van der Waals surface area contributed by atoms with E-state index in [1.807, 2.05) is 44.5 Å². The molecule has 1 spiro atoms. The lowest BCUT2D eigenvalue weighted by molar-refractivity contribution is -0.158. The summed E-state index contributed by atoms with van der Waals surface area (Å²) in [5, 5.41) is 31.1. The number of guanidine groups is 1. The summed E-state index contributed by atoms with van der Waals surface area (Å²) in [4.78, 5) is 51.2. The van der Waals surface area contributed by atoms with Crippen molar-refractivity contribution in [3.63, 3.8) is 0 Å². The molecule has 1 saturated heterocycles. The maximum absolute atomic E-state index is 15.8. The van der Waals surface area contributed by atoms with Crippen LogP contribution in [0.4, 0.5) is 0 Å². The minimum atomic E-state index is -2.20. The Morgan fingerprint density at radius 2 is 1.99 bits per heavy atom. The second kappa shape index (κ2) is 21.6. The summed E-state index contributed by atoms with van der Waals surface area (Å²) in [6, 6.07) is 5.16. The molecule has 0 aromatic heterocycles. The highest BCUT2D eigenvalue weighted by Crippen LogP contribution is 2.60. The Morgan fingerprint density at radius 3 is 2.75 bits per heavy atom. The molecule has 0 saturated carbocycles. The molecule has 388 valence electrons. The summed E-state index contributed by atoms with van der Waals surface area (Å²) in [5.41, 5.74) is 15.1. The van der Waals surface area contributed by atoms with Gasteiger partial charge in [0.1, 0.15) is 11.9 Å². The zero-order chi connectivity index (χ0) is 50.8. The van der Waals surface area contributed by atoms with Crippen molar-refractivity contribution in [2.45, 2.75) is 152 Å². The second-order valence-corrected chi connectivity index (χ2v) is 21.9. The summed E-state index contributed by atoms with van der Waals surface area (Å²) >= 11 is 0. The first-order valence-electron chi connectivity index (χ1n) is 26.8. The fraction of sp³-hybridized carbons (Fsp3) is 0.579. The van der Waals surface area contributed by atoms with Crippen molar-refractivity contribution in [2.75, 3.05) is 33.8 Å². The number of aliphatic imine (C=N–C) groups is 1. The Kier molecular flexibility index (Phi) is 15.5. The van der Waals surface area contributed by atoms with E-state index < -0.39 is 34.8 Å². The molecule has 72 heavy (non-hydrogen) atoms. The molecule has 1 aromatic rings. The van der Waals surface area contributed by atoms with Gasteiger partial charge < -0.3 is 57.9 Å². The molecule has 5 aliphatic heterocycles. The molecule has 1 fully saturated rings. The van der Waals surface area contributed by atoms with Gasteiger partial charge >= 0.3 is 5.97 Å². The molecule has 11 atom stereocenters. The Hall–Kier alpha value is -5.32. The predicted octanol–water partition coefficient (Wildman–Crippen LogP) is 5.51. The number of carbonyl (C=O) groups excluding carboxylic acids is 3. The van der Waals surface area contributed by atoms with E-state index in [2.05, 4.69) is 81.1 Å². The maximum Gasteiger partial charge on any atom is 0.350 e. The number of cyclic esters (lactones) is 1. The van der Waals surface area contributed by atoms with Crippen LogP contribution in [0.15, 0.2) is 106 Å². The van der Waals surface area contributed by atoms with Crippen LogP contribution in [-0.4, -0.2) is 104 Å². The van der Waals surface area contributed by atoms with Crippen molar-refractivity contribution < 1.29 is 29.0 Å². The zero-order valence-electron chi connectivity index (χ0n) is 43.1. The Bertz CT molecular complexity index is 2520. The van der Waals surface area contributed by atoms with Gasteiger partial charge in [0, 0.05) is 55.9 Å². The minimum Gasteiger partial charge on any atom is -0.459 e. The highest BCUT2D eigenvalue weighted by atomic mass is 16.7. The van der Waals surface area contributed by atoms with Crippen LogP contribution in [0.5, 0.6) is 0 Å². The number of nitrogens with two attached hydrogens (primary N) is 2. The molecule has 5 heterocycles. The van der Waals surface area contributed by atoms with Gasteiger partial charge in [0.05, 0.1) is 18.4 Å². The van der Waals surface area contributed by atoms with Crippen molar-refractivity contribution >= 4 is 23.5 Å². The number of rotatable bonds is 14. The Labute approximate surface area is 426 Å². The standard InChI is InChI=1S/C57H79N9O6/c1-6-62-44-29-37-14-9-13-36-12-7-8-24-55(3,31-35-18-20-47(58)64-33-35)32-38-15-10-16-41-49(38)51(69)57(53(70)71-46(17-11-27-67)43(44)30-42(36)37)56(72-57,50(41)68)25-22-34(2)28-45(65-54(59)61-5)39-23-26-63-52-40(39)19-21-48(60-4)66-52/h9-10,14-16,18,20,22-23,29,33,36,42-48,60,62-64,66-67H,6-8,11-13,17,19,21,24-28,30-32,58H2,1-5H3,(H3,59,61,65)/b34-22+/t36-,42-,43-,44+,45+,46+,47?,48-,55+,56-,57-/m0/s1. The summed E-state index contributed by atoms with van der Waals surface area (Å²) < 4.78 is 13.4. The number of benzene rings is 1. The monoisotopic (exact) mass is 986 g/mol. The number of nitrogens with one attached hydrogen (secondary N) is 6. The molecule has 15 heteroatoms. The lowest BCUT2D eigenvalue weighted by atomic mass is 9.66. The van der Waals surface area contributed by atoms with Crippen LogP contribution in [0.2, 0.25) is 0 Å². The SMILES string of the molecule is CCN[C@@H]1C=C2C=CC[C@@H]3CCCC[C@](C)(CC4=CNC(N)C=C4)Cc4cccc5c4C(=O)[C@]4(O[C@@]4(C/C=C(\C)C[C@@H](NC(N)=NC)C4=CCNC6=C4CC[C@@H](NC)N6)C5=O)C(=O)O[C@H](CCCO)[C@H]1C[C@H]23. The molecule has 0 amide bonds. The van der Waals surface area contributed by atoms with E-state index >= 15 is 14.4 Å². The number of dihydropyridines is 2. The number of ketones is 2. The first-order valence-corrected chi connectivity index (χ1v) is 26.8. The highest BCUT2D eigenvalue weighted by molar-refractivity contribution is 6.33. The molecule has 0 radical (unpaired) electrons. The average Bonchev–Trinajstić information content (AvgIpc) is 4.09. The maximum atomic E-state index is 15.8. The lowest BCUT2D eigenvalue weighted by Gasteiger charge is -2.43. The average molecular weight is 986 g/mol. The summed E-state index contributed by atoms with van der Waals surface area (Å²) in [6.07, 6.45) is 26.4. The van der Waals surface area contributed by atoms with Crippen LogP contribution in [0.1, 0.15) is 131 Å². The third-order valence-electron chi connectivity index (χ3n) is 17.0. The fourth-order valence-corrected chi connectivity index (χ4v) is 13.2. The van der Waals surface area contributed by atoms with Crippen LogP contribution < -0.4 is 43.4 Å². The van der Waals surface area contributed by atoms with Gasteiger partial charge in [-0.15, -0.1) is 0 Å². The largest absolute Gasteiger partial charge is 0.459 e. The predicted molar refractivity (Wildman–Crippen MR) is 281 cm³/mol. The molecule has 1 aromatic carbocycles. The second-order valence-electron chi connectivity index (χ2n) is 21.9. The van der Waals surface area contributed by atoms with Crippen molar-refractivity contribution in [1.29, 1.82) is 0 Å². The molecule has 11 N–H and O–H groups in total. The molecule has 4 bridgehead atoms. The van der Waals surface area contributed by atoms with Gasteiger partial charge in [-0.05, 0) is 142 Å². The highest BCUT2D eigenvalue weighted by Gasteiger charge is 2.85. The number of hydrogen-bond acceptors (Lipinski definition) is 13. The van der Waals surface area contributed by atoms with Crippen molar-refractivity contribution in [3.05, 3.63) is 117 Å². The van der Waals surface area contributed by atoms with E-state index in [0.717, 1.165) is 85.9 Å². The summed E-state index contributed by atoms with van der Waals surface area (Å²) in [6.45, 7) is 7.62. The Morgan fingerprint density at radius 1 is 1.14 bits per heavy atom. The molecular formula is C57H79N9O6. The topological polar surface area (TPSA) is 230 Å². The van der Waals surface area contributed by atoms with E-state index in [-0.39, 0.29) is 65.8 Å². The minimum absolute atomic E-state index is 0.0214. The van der Waals surface area contributed by atoms with Crippen molar-refractivity contribution in [2.24, 2.45) is 39.6 Å². The Balaban J connectivity index is 1.11. The van der Waals surface area contributed by atoms with Gasteiger partial charge in [0.25, 0.3) is 5.60 Å². The fourth-order valence-electron chi connectivity index (χ4n) is 13.2. The van der Waals surface area contributed by atoms with Gasteiger partial charge in [0.2, 0.25) is 5.78 Å². The first-order chi connectivity index (χ1) is 34.8. The quantitative estimate of drug-likeness (QED) is 0.0280. The van der Waals surface area contributed by atoms with E-state index in [0.29, 0.717) is 50.7 Å². The number of allylic oxidation sites excluding steroid dienone is 5. The number of esters is 1.